The normalized spacial score (nSPS) is 21.8. The van der Waals surface area contributed by atoms with Crippen molar-refractivity contribution in [3.8, 4) is 0 Å². The Labute approximate surface area is 99.8 Å². The van der Waals surface area contributed by atoms with E-state index in [0.29, 0.717) is 6.04 Å². The summed E-state index contributed by atoms with van der Waals surface area (Å²) in [7, 11) is 0. The van der Waals surface area contributed by atoms with Crippen molar-refractivity contribution in [1.82, 2.24) is 5.32 Å². The molecule has 82 valence electrons. The van der Waals surface area contributed by atoms with E-state index in [9.17, 15) is 0 Å². The standard InChI is InChI=1S/C12H17BrN2/c1-9-3-4-12(11(13)7-9)15-6-5-14-8-10(15)2/h3-4,7,10,14H,5-6,8H2,1-2H3. The van der Waals surface area contributed by atoms with Crippen LogP contribution in [-0.2, 0) is 0 Å². The summed E-state index contributed by atoms with van der Waals surface area (Å²) in [6.07, 6.45) is 0. The number of benzene rings is 1. The predicted octanol–water partition coefficient (Wildman–Crippen LogP) is 2.56. The molecule has 2 rings (SSSR count). The number of nitrogens with zero attached hydrogens (tertiary/aromatic N) is 1. The smallest absolute Gasteiger partial charge is 0.0514 e. The van der Waals surface area contributed by atoms with Crippen molar-refractivity contribution in [1.29, 1.82) is 0 Å². The van der Waals surface area contributed by atoms with Crippen LogP contribution in [0.25, 0.3) is 0 Å². The Morgan fingerprint density at radius 2 is 2.27 bits per heavy atom. The SMILES string of the molecule is Cc1ccc(N2CCNCC2C)c(Br)c1. The number of nitrogens with one attached hydrogen (secondary N) is 1. The number of halogens is 1. The van der Waals surface area contributed by atoms with E-state index in [-0.39, 0.29) is 0 Å². The lowest BCUT2D eigenvalue weighted by molar-refractivity contribution is 0.500. The maximum Gasteiger partial charge on any atom is 0.0514 e. The Hall–Kier alpha value is -0.540. The molecule has 0 saturated carbocycles. The Bertz CT molecular complexity index is 351. The van der Waals surface area contributed by atoms with E-state index in [4.69, 9.17) is 0 Å². The first-order valence-electron chi connectivity index (χ1n) is 5.42. The van der Waals surface area contributed by atoms with Crippen molar-refractivity contribution >= 4 is 21.6 Å². The Kier molecular flexibility index (Phi) is 3.32. The van der Waals surface area contributed by atoms with Gasteiger partial charge < -0.3 is 10.2 Å². The molecule has 0 aromatic heterocycles. The number of hydrogen-bond acceptors (Lipinski definition) is 2. The third-order valence-electron chi connectivity index (χ3n) is 2.91. The summed E-state index contributed by atoms with van der Waals surface area (Å²) in [5.41, 5.74) is 2.61. The Morgan fingerprint density at radius 3 is 2.93 bits per heavy atom. The molecule has 0 bridgehead atoms. The molecule has 1 N–H and O–H groups in total. The molecule has 0 aliphatic carbocycles. The van der Waals surface area contributed by atoms with E-state index < -0.39 is 0 Å². The summed E-state index contributed by atoms with van der Waals surface area (Å²) >= 11 is 3.65. The van der Waals surface area contributed by atoms with Crippen LogP contribution >= 0.6 is 15.9 Å². The molecule has 2 nitrogen and oxygen atoms in total. The van der Waals surface area contributed by atoms with Gasteiger partial charge in [0, 0.05) is 30.1 Å². The van der Waals surface area contributed by atoms with Crippen molar-refractivity contribution in [3.63, 3.8) is 0 Å². The minimum absolute atomic E-state index is 0.567. The molecule has 1 aliphatic heterocycles. The predicted molar refractivity (Wildman–Crippen MR) is 68.6 cm³/mol. The van der Waals surface area contributed by atoms with E-state index in [1.54, 1.807) is 0 Å². The molecule has 1 aromatic carbocycles. The largest absolute Gasteiger partial charge is 0.365 e. The van der Waals surface area contributed by atoms with Gasteiger partial charge in [-0.3, -0.25) is 0 Å². The molecule has 0 radical (unpaired) electrons. The quantitative estimate of drug-likeness (QED) is 0.843. The molecule has 15 heavy (non-hydrogen) atoms. The zero-order valence-corrected chi connectivity index (χ0v) is 10.8. The van der Waals surface area contributed by atoms with Crippen LogP contribution < -0.4 is 10.2 Å². The molecule has 1 aliphatic rings. The van der Waals surface area contributed by atoms with Gasteiger partial charge in [0.2, 0.25) is 0 Å². The second kappa shape index (κ2) is 4.54. The van der Waals surface area contributed by atoms with Gasteiger partial charge in [-0.15, -0.1) is 0 Å². The van der Waals surface area contributed by atoms with E-state index in [2.05, 4.69) is 58.2 Å². The van der Waals surface area contributed by atoms with Crippen LogP contribution in [0.5, 0.6) is 0 Å². The lowest BCUT2D eigenvalue weighted by atomic mass is 10.1. The van der Waals surface area contributed by atoms with Crippen LogP contribution in [0.3, 0.4) is 0 Å². The maximum absolute atomic E-state index is 3.65. The highest BCUT2D eigenvalue weighted by atomic mass is 79.9. The third kappa shape index (κ3) is 2.34. The zero-order valence-electron chi connectivity index (χ0n) is 9.26. The summed E-state index contributed by atoms with van der Waals surface area (Å²) in [5, 5.41) is 3.41. The van der Waals surface area contributed by atoms with Crippen LogP contribution in [0.15, 0.2) is 22.7 Å². The van der Waals surface area contributed by atoms with E-state index in [1.165, 1.54) is 15.7 Å². The van der Waals surface area contributed by atoms with Crippen molar-refractivity contribution in [3.05, 3.63) is 28.2 Å². The fourth-order valence-corrected chi connectivity index (χ4v) is 2.76. The van der Waals surface area contributed by atoms with E-state index in [0.717, 1.165) is 19.6 Å². The Morgan fingerprint density at radius 1 is 1.47 bits per heavy atom. The lowest BCUT2D eigenvalue weighted by Gasteiger charge is -2.36. The molecule has 1 unspecified atom stereocenters. The van der Waals surface area contributed by atoms with Crippen LogP contribution in [0.1, 0.15) is 12.5 Å². The maximum atomic E-state index is 3.65. The minimum Gasteiger partial charge on any atom is -0.365 e. The third-order valence-corrected chi connectivity index (χ3v) is 3.55. The van der Waals surface area contributed by atoms with Gasteiger partial charge in [0.25, 0.3) is 0 Å². The summed E-state index contributed by atoms with van der Waals surface area (Å²) in [6.45, 7) is 7.61. The molecule has 0 spiro atoms. The number of anilines is 1. The average Bonchev–Trinajstić information content (AvgIpc) is 2.20. The molecule has 1 fully saturated rings. The molecule has 1 saturated heterocycles. The molecular weight excluding hydrogens is 252 g/mol. The highest BCUT2D eigenvalue weighted by Gasteiger charge is 2.19. The van der Waals surface area contributed by atoms with Gasteiger partial charge in [0.05, 0.1) is 5.69 Å². The van der Waals surface area contributed by atoms with Crippen LogP contribution in [0.4, 0.5) is 5.69 Å². The van der Waals surface area contributed by atoms with Gasteiger partial charge in [-0.1, -0.05) is 6.07 Å². The van der Waals surface area contributed by atoms with E-state index in [1.807, 2.05) is 0 Å². The van der Waals surface area contributed by atoms with Gasteiger partial charge in [-0.05, 0) is 47.5 Å². The van der Waals surface area contributed by atoms with Gasteiger partial charge in [-0.2, -0.15) is 0 Å². The molecule has 1 atom stereocenters. The van der Waals surface area contributed by atoms with Crippen molar-refractivity contribution in [2.24, 2.45) is 0 Å². The number of hydrogen-bond donors (Lipinski definition) is 1. The topological polar surface area (TPSA) is 15.3 Å². The van der Waals surface area contributed by atoms with Crippen LogP contribution in [0, 0.1) is 6.92 Å². The minimum atomic E-state index is 0.567. The molecular formula is C12H17BrN2. The monoisotopic (exact) mass is 268 g/mol. The summed E-state index contributed by atoms with van der Waals surface area (Å²) in [5.74, 6) is 0. The fourth-order valence-electron chi connectivity index (χ4n) is 2.04. The van der Waals surface area contributed by atoms with Crippen LogP contribution in [0.2, 0.25) is 0 Å². The van der Waals surface area contributed by atoms with Gasteiger partial charge in [0.15, 0.2) is 0 Å². The van der Waals surface area contributed by atoms with Crippen molar-refractivity contribution in [2.45, 2.75) is 19.9 Å². The van der Waals surface area contributed by atoms with Gasteiger partial charge in [-0.25, -0.2) is 0 Å². The summed E-state index contributed by atoms with van der Waals surface area (Å²) in [4.78, 5) is 2.46. The van der Waals surface area contributed by atoms with Gasteiger partial charge in [0.1, 0.15) is 0 Å². The lowest BCUT2D eigenvalue weighted by Crippen LogP contribution is -2.50. The van der Waals surface area contributed by atoms with Crippen molar-refractivity contribution < 1.29 is 0 Å². The molecule has 1 heterocycles. The molecule has 0 amide bonds. The first kappa shape index (κ1) is 11.0. The molecule has 3 heteroatoms. The zero-order chi connectivity index (χ0) is 10.8. The summed E-state index contributed by atoms with van der Waals surface area (Å²) < 4.78 is 1.20. The summed E-state index contributed by atoms with van der Waals surface area (Å²) in [6, 6.07) is 7.14. The fraction of sp³-hybridized carbons (Fsp3) is 0.500. The highest BCUT2D eigenvalue weighted by molar-refractivity contribution is 9.10. The van der Waals surface area contributed by atoms with E-state index >= 15 is 0 Å². The van der Waals surface area contributed by atoms with Crippen molar-refractivity contribution in [2.75, 3.05) is 24.5 Å². The second-order valence-corrected chi connectivity index (χ2v) is 5.06. The average molecular weight is 269 g/mol. The van der Waals surface area contributed by atoms with Gasteiger partial charge >= 0.3 is 0 Å². The van der Waals surface area contributed by atoms with Crippen LogP contribution in [-0.4, -0.2) is 25.7 Å². The Balaban J connectivity index is 2.27. The number of piperazine rings is 1. The first-order chi connectivity index (χ1) is 7.18. The first-order valence-corrected chi connectivity index (χ1v) is 6.21. The second-order valence-electron chi connectivity index (χ2n) is 4.20. The molecule has 1 aromatic rings. The number of rotatable bonds is 1. The number of aryl methyl sites for hydroxylation is 1. The highest BCUT2D eigenvalue weighted by Crippen LogP contribution is 2.29.